The van der Waals surface area contributed by atoms with Crippen LogP contribution in [0.1, 0.15) is 19.3 Å². The van der Waals surface area contributed by atoms with Crippen LogP contribution in [0.15, 0.2) is 43.0 Å². The van der Waals surface area contributed by atoms with Crippen molar-refractivity contribution in [1.82, 2.24) is 14.1 Å². The molecule has 0 radical (unpaired) electrons. The Labute approximate surface area is 158 Å². The fourth-order valence-electron chi connectivity index (χ4n) is 3.66. The lowest BCUT2D eigenvalue weighted by Gasteiger charge is -2.24. The minimum atomic E-state index is -4.19. The van der Waals surface area contributed by atoms with Crippen LogP contribution < -0.4 is 0 Å². The fourth-order valence-corrected chi connectivity index (χ4v) is 3.66. The Morgan fingerprint density at radius 3 is 2.64 bits per heavy atom. The van der Waals surface area contributed by atoms with Gasteiger partial charge in [-0.2, -0.15) is 13.2 Å². The van der Waals surface area contributed by atoms with Crippen LogP contribution in [0.5, 0.6) is 0 Å². The number of benzene rings is 1. The molecule has 0 saturated heterocycles. The Kier molecular flexibility index (Phi) is 4.24. The van der Waals surface area contributed by atoms with Gasteiger partial charge in [0.1, 0.15) is 0 Å². The molecule has 2 aromatic heterocycles. The first-order chi connectivity index (χ1) is 13.2. The molecule has 0 amide bonds. The molecule has 4 rings (SSSR count). The molecule has 1 aliphatic rings. The highest BCUT2D eigenvalue weighted by Gasteiger charge is 2.39. The Bertz CT molecular complexity index is 1090. The van der Waals surface area contributed by atoms with Gasteiger partial charge in [-0.05, 0) is 25.3 Å². The summed E-state index contributed by atoms with van der Waals surface area (Å²) in [4.78, 5) is 15.1. The number of nitro groups is 1. The minimum absolute atomic E-state index is 0.0287. The van der Waals surface area contributed by atoms with E-state index in [9.17, 15) is 23.3 Å². The number of allylic oxidation sites excluding steroid dienone is 2. The van der Waals surface area contributed by atoms with Crippen LogP contribution in [0.4, 0.5) is 18.9 Å². The van der Waals surface area contributed by atoms with Crippen molar-refractivity contribution in [2.75, 3.05) is 0 Å². The van der Waals surface area contributed by atoms with Gasteiger partial charge in [0.15, 0.2) is 0 Å². The summed E-state index contributed by atoms with van der Waals surface area (Å²) in [6, 6.07) is 4.53. The Morgan fingerprint density at radius 1 is 1.29 bits per heavy atom. The van der Waals surface area contributed by atoms with Crippen molar-refractivity contribution in [2.24, 2.45) is 13.0 Å². The van der Waals surface area contributed by atoms with Crippen LogP contribution in [-0.2, 0) is 7.05 Å². The first kappa shape index (κ1) is 18.3. The maximum absolute atomic E-state index is 13.0. The highest BCUT2D eigenvalue weighted by molar-refractivity contribution is 5.98. The summed E-state index contributed by atoms with van der Waals surface area (Å²) in [5.41, 5.74) is 2.79. The lowest BCUT2D eigenvalue weighted by atomic mass is 9.92. The number of non-ortho nitro benzene ring substituents is 1. The molecule has 0 N–H and O–H groups in total. The number of rotatable bonds is 3. The fraction of sp³-hybridized carbons (Fsp3) is 0.316. The molecular weight excluding hydrogens is 373 g/mol. The Hall–Kier alpha value is -3.10. The lowest BCUT2D eigenvalue weighted by molar-refractivity contribution is -0.384. The SMILES string of the molecule is Cn1cnc(-c2cn(C3=CCC(C(F)(F)F)CC3)c3ccc([N+](=O)[O-])cc23)c1. The van der Waals surface area contributed by atoms with Crippen LogP contribution in [0.3, 0.4) is 0 Å². The maximum Gasteiger partial charge on any atom is 0.392 e. The van der Waals surface area contributed by atoms with Gasteiger partial charge in [-0.25, -0.2) is 4.98 Å². The smallest absolute Gasteiger partial charge is 0.340 e. The van der Waals surface area contributed by atoms with Crippen LogP contribution in [0, 0.1) is 16.0 Å². The van der Waals surface area contributed by atoms with Crippen molar-refractivity contribution in [3.8, 4) is 11.3 Å². The highest BCUT2D eigenvalue weighted by atomic mass is 19.4. The first-order valence-corrected chi connectivity index (χ1v) is 8.78. The van der Waals surface area contributed by atoms with E-state index in [0.717, 1.165) is 5.70 Å². The molecule has 6 nitrogen and oxygen atoms in total. The summed E-state index contributed by atoms with van der Waals surface area (Å²) in [6.07, 6.45) is 2.90. The third-order valence-corrected chi connectivity index (χ3v) is 5.14. The number of alkyl halides is 3. The molecule has 1 unspecified atom stereocenters. The van der Waals surface area contributed by atoms with E-state index in [2.05, 4.69) is 4.98 Å². The zero-order valence-electron chi connectivity index (χ0n) is 15.0. The predicted molar refractivity (Wildman–Crippen MR) is 98.5 cm³/mol. The Morgan fingerprint density at radius 2 is 2.07 bits per heavy atom. The molecule has 2 heterocycles. The Balaban J connectivity index is 1.83. The quantitative estimate of drug-likeness (QED) is 0.459. The van der Waals surface area contributed by atoms with Crippen LogP contribution in [0.2, 0.25) is 0 Å². The summed E-state index contributed by atoms with van der Waals surface area (Å²) in [5.74, 6) is -1.32. The van der Waals surface area contributed by atoms with E-state index in [1.165, 1.54) is 12.1 Å². The molecule has 0 fully saturated rings. The third kappa shape index (κ3) is 3.17. The van der Waals surface area contributed by atoms with Crippen LogP contribution in [-0.4, -0.2) is 25.2 Å². The van der Waals surface area contributed by atoms with Crippen molar-refractivity contribution in [2.45, 2.75) is 25.4 Å². The largest absolute Gasteiger partial charge is 0.392 e. The molecule has 146 valence electrons. The molecule has 1 atom stereocenters. The molecule has 0 aliphatic heterocycles. The van der Waals surface area contributed by atoms with Gasteiger partial charge in [0.2, 0.25) is 0 Å². The number of fused-ring (bicyclic) bond motifs is 1. The number of imidazole rings is 1. The van der Waals surface area contributed by atoms with Gasteiger partial charge < -0.3 is 9.13 Å². The van der Waals surface area contributed by atoms with Gasteiger partial charge >= 0.3 is 6.18 Å². The topological polar surface area (TPSA) is 65.9 Å². The maximum atomic E-state index is 13.0. The number of halogens is 3. The van der Waals surface area contributed by atoms with Crippen LogP contribution >= 0.6 is 0 Å². The van der Waals surface area contributed by atoms with E-state index in [1.54, 1.807) is 35.4 Å². The molecular formula is C19H17F3N4O2. The van der Waals surface area contributed by atoms with Gasteiger partial charge in [-0.15, -0.1) is 0 Å². The highest BCUT2D eigenvalue weighted by Crippen LogP contribution is 2.40. The first-order valence-electron chi connectivity index (χ1n) is 8.78. The molecule has 9 heteroatoms. The average Bonchev–Trinajstić information content (AvgIpc) is 3.24. The number of aromatic nitrogens is 3. The van der Waals surface area contributed by atoms with Gasteiger partial charge in [0, 0.05) is 48.2 Å². The van der Waals surface area contributed by atoms with Gasteiger partial charge in [-0.3, -0.25) is 10.1 Å². The molecule has 28 heavy (non-hydrogen) atoms. The summed E-state index contributed by atoms with van der Waals surface area (Å²) in [7, 11) is 1.82. The molecule has 0 saturated carbocycles. The zero-order chi connectivity index (χ0) is 20.1. The van der Waals surface area contributed by atoms with Crippen molar-refractivity contribution in [3.05, 3.63) is 53.1 Å². The number of nitrogens with zero attached hydrogens (tertiary/aromatic N) is 4. The van der Waals surface area contributed by atoms with E-state index in [-0.39, 0.29) is 24.9 Å². The van der Waals surface area contributed by atoms with Crippen molar-refractivity contribution in [1.29, 1.82) is 0 Å². The number of hydrogen-bond acceptors (Lipinski definition) is 3. The van der Waals surface area contributed by atoms with E-state index >= 15 is 0 Å². The van der Waals surface area contributed by atoms with E-state index in [4.69, 9.17) is 0 Å². The standard InChI is InChI=1S/C19H17F3N4O2/c1-24-10-17(23-11-24)16-9-25(13-4-2-12(3-5-13)19(20,21)22)18-7-6-14(26(27)28)8-15(16)18/h4,6-12H,2-3,5H2,1H3. The predicted octanol–water partition coefficient (Wildman–Crippen LogP) is 5.15. The summed E-state index contributed by atoms with van der Waals surface area (Å²) in [6.45, 7) is 0. The molecule has 3 aromatic rings. The third-order valence-electron chi connectivity index (χ3n) is 5.14. The second kappa shape index (κ2) is 6.50. The minimum Gasteiger partial charge on any atom is -0.340 e. The summed E-state index contributed by atoms with van der Waals surface area (Å²) >= 11 is 0. The van der Waals surface area contributed by atoms with Crippen LogP contribution in [0.25, 0.3) is 27.9 Å². The lowest BCUT2D eigenvalue weighted by Crippen LogP contribution is -2.24. The molecule has 0 spiro atoms. The second-order valence-corrected chi connectivity index (χ2v) is 7.00. The molecule has 1 aromatic carbocycles. The summed E-state index contributed by atoms with van der Waals surface area (Å²) < 4.78 is 42.5. The molecule has 1 aliphatic carbocycles. The van der Waals surface area contributed by atoms with Crippen molar-refractivity contribution < 1.29 is 18.1 Å². The van der Waals surface area contributed by atoms with E-state index in [1.807, 2.05) is 11.6 Å². The normalized spacial score (nSPS) is 17.7. The zero-order valence-corrected chi connectivity index (χ0v) is 15.0. The van der Waals surface area contributed by atoms with E-state index < -0.39 is 17.0 Å². The van der Waals surface area contributed by atoms with Gasteiger partial charge in [0.25, 0.3) is 5.69 Å². The average molecular weight is 390 g/mol. The van der Waals surface area contributed by atoms with Crippen molar-refractivity contribution in [3.63, 3.8) is 0 Å². The van der Waals surface area contributed by atoms with Gasteiger partial charge in [0.05, 0.1) is 28.4 Å². The molecule has 0 bridgehead atoms. The summed E-state index contributed by atoms with van der Waals surface area (Å²) in [5, 5.41) is 11.8. The second-order valence-electron chi connectivity index (χ2n) is 7.00. The van der Waals surface area contributed by atoms with E-state index in [0.29, 0.717) is 22.2 Å². The number of hydrogen-bond donors (Lipinski definition) is 0. The van der Waals surface area contributed by atoms with Crippen molar-refractivity contribution >= 4 is 22.3 Å². The number of aryl methyl sites for hydroxylation is 1. The van der Waals surface area contributed by atoms with Gasteiger partial charge in [-0.1, -0.05) is 6.08 Å². The number of nitro benzene ring substituents is 1. The monoisotopic (exact) mass is 390 g/mol.